The Morgan fingerprint density at radius 1 is 1.22 bits per heavy atom. The molecule has 0 fully saturated rings. The number of nitrogens with zero attached hydrogens (tertiary/aromatic N) is 1. The third kappa shape index (κ3) is 2.45. The number of hydrogen-bond acceptors (Lipinski definition) is 3. The molecule has 0 amide bonds. The Balaban J connectivity index is 2.29. The Kier molecular flexibility index (Phi) is 3.23. The van der Waals surface area contributed by atoms with Gasteiger partial charge in [0.2, 0.25) is 0 Å². The van der Waals surface area contributed by atoms with Gasteiger partial charge in [-0.2, -0.15) is 0 Å². The molecule has 0 saturated carbocycles. The Hall–Kier alpha value is -2.43. The van der Waals surface area contributed by atoms with Gasteiger partial charge in [0.1, 0.15) is 5.75 Å². The molecule has 0 aliphatic rings. The van der Waals surface area contributed by atoms with Crippen LogP contribution in [0.1, 0.15) is 5.56 Å². The molecule has 0 atom stereocenters. The van der Waals surface area contributed by atoms with Crippen LogP contribution in [0.4, 0.5) is 10.1 Å². The van der Waals surface area contributed by atoms with E-state index in [0.29, 0.717) is 11.3 Å². The summed E-state index contributed by atoms with van der Waals surface area (Å²) in [5.74, 6) is -0.0255. The van der Waals surface area contributed by atoms with E-state index in [4.69, 9.17) is 4.74 Å². The summed E-state index contributed by atoms with van der Waals surface area (Å²) in [4.78, 5) is 10.2. The summed E-state index contributed by atoms with van der Waals surface area (Å²) in [5.41, 5.74) is 0.477. The molecule has 0 bridgehead atoms. The zero-order valence-corrected chi connectivity index (χ0v) is 9.59. The third-order valence-corrected chi connectivity index (χ3v) is 2.43. The van der Waals surface area contributed by atoms with E-state index < -0.39 is 10.7 Å². The zero-order chi connectivity index (χ0) is 13.1. The van der Waals surface area contributed by atoms with Gasteiger partial charge in [-0.15, -0.1) is 0 Å². The molecule has 2 rings (SSSR count). The van der Waals surface area contributed by atoms with Crippen molar-refractivity contribution >= 4 is 5.69 Å². The number of halogens is 1. The van der Waals surface area contributed by atoms with Crippen molar-refractivity contribution in [1.82, 2.24) is 0 Å². The number of nitro groups is 1. The van der Waals surface area contributed by atoms with Crippen LogP contribution < -0.4 is 4.74 Å². The minimum absolute atomic E-state index is 0.0101. The zero-order valence-electron chi connectivity index (χ0n) is 9.59. The quantitative estimate of drug-likeness (QED) is 0.611. The molecule has 18 heavy (non-hydrogen) atoms. The lowest BCUT2D eigenvalue weighted by atomic mass is 10.2. The second-order valence-corrected chi connectivity index (χ2v) is 3.74. The number of rotatable bonds is 3. The van der Waals surface area contributed by atoms with Crippen LogP contribution in [-0.4, -0.2) is 4.92 Å². The largest absolute Gasteiger partial charge is 0.454 e. The van der Waals surface area contributed by atoms with Gasteiger partial charge in [0.05, 0.1) is 4.92 Å². The number of aryl methyl sites for hydroxylation is 1. The maximum Gasteiger partial charge on any atom is 0.272 e. The Labute approximate surface area is 103 Å². The summed E-state index contributed by atoms with van der Waals surface area (Å²) in [7, 11) is 0. The van der Waals surface area contributed by atoms with Gasteiger partial charge in [-0.3, -0.25) is 10.1 Å². The van der Waals surface area contributed by atoms with Crippen molar-refractivity contribution in [2.24, 2.45) is 0 Å². The van der Waals surface area contributed by atoms with Crippen molar-refractivity contribution in [2.45, 2.75) is 6.92 Å². The lowest BCUT2D eigenvalue weighted by molar-refractivity contribution is -0.385. The summed E-state index contributed by atoms with van der Waals surface area (Å²) in [6.45, 7) is 1.60. The molecule has 92 valence electrons. The van der Waals surface area contributed by atoms with Gasteiger partial charge in [0.25, 0.3) is 5.69 Å². The standard InChI is InChI=1S/C13H10FNO3/c1-9-8-10(6-7-12(9)15(16)17)18-13-5-3-2-4-11(13)14/h2-8H,1H3. The van der Waals surface area contributed by atoms with Crippen LogP contribution in [0.5, 0.6) is 11.5 Å². The fraction of sp³-hybridized carbons (Fsp3) is 0.0769. The van der Waals surface area contributed by atoms with Crippen LogP contribution in [0.3, 0.4) is 0 Å². The van der Waals surface area contributed by atoms with Crippen molar-refractivity contribution in [3.63, 3.8) is 0 Å². The van der Waals surface area contributed by atoms with Crippen molar-refractivity contribution < 1.29 is 14.1 Å². The van der Waals surface area contributed by atoms with E-state index in [-0.39, 0.29) is 11.4 Å². The minimum Gasteiger partial charge on any atom is -0.454 e. The molecule has 0 spiro atoms. The molecule has 0 radical (unpaired) electrons. The molecule has 0 saturated heterocycles. The summed E-state index contributed by atoms with van der Waals surface area (Å²) in [6, 6.07) is 10.3. The summed E-state index contributed by atoms with van der Waals surface area (Å²) >= 11 is 0. The van der Waals surface area contributed by atoms with Crippen molar-refractivity contribution in [1.29, 1.82) is 0 Å². The van der Waals surface area contributed by atoms with Crippen molar-refractivity contribution in [3.05, 3.63) is 64.0 Å². The molecule has 4 nitrogen and oxygen atoms in total. The second-order valence-electron chi connectivity index (χ2n) is 3.74. The third-order valence-electron chi connectivity index (χ3n) is 2.43. The lowest BCUT2D eigenvalue weighted by Gasteiger charge is -2.07. The molecule has 0 unspecified atom stereocenters. The van der Waals surface area contributed by atoms with Crippen LogP contribution in [0, 0.1) is 22.9 Å². The van der Waals surface area contributed by atoms with Crippen LogP contribution in [0.15, 0.2) is 42.5 Å². The van der Waals surface area contributed by atoms with E-state index in [1.165, 1.54) is 30.3 Å². The van der Waals surface area contributed by atoms with Crippen molar-refractivity contribution in [2.75, 3.05) is 0 Å². The summed E-state index contributed by atoms with van der Waals surface area (Å²) in [5, 5.41) is 10.7. The van der Waals surface area contributed by atoms with Gasteiger partial charge in [-0.1, -0.05) is 12.1 Å². The highest BCUT2D eigenvalue weighted by molar-refractivity contribution is 5.45. The van der Waals surface area contributed by atoms with E-state index in [2.05, 4.69) is 0 Å². The highest BCUT2D eigenvalue weighted by Crippen LogP contribution is 2.28. The van der Waals surface area contributed by atoms with Crippen molar-refractivity contribution in [3.8, 4) is 11.5 Å². The first kappa shape index (κ1) is 12.0. The van der Waals surface area contributed by atoms with Crippen LogP contribution in [0.2, 0.25) is 0 Å². The molecule has 5 heteroatoms. The van der Waals surface area contributed by atoms with Gasteiger partial charge in [-0.05, 0) is 31.2 Å². The molecule has 0 aromatic heterocycles. The molecular formula is C13H10FNO3. The lowest BCUT2D eigenvalue weighted by Crippen LogP contribution is -1.93. The highest BCUT2D eigenvalue weighted by atomic mass is 19.1. The number of ether oxygens (including phenoxy) is 1. The molecule has 2 aromatic carbocycles. The van der Waals surface area contributed by atoms with Crippen LogP contribution >= 0.6 is 0 Å². The van der Waals surface area contributed by atoms with E-state index in [0.717, 1.165) is 0 Å². The Morgan fingerprint density at radius 3 is 2.56 bits per heavy atom. The summed E-state index contributed by atoms with van der Waals surface area (Å²) < 4.78 is 18.7. The fourth-order valence-electron chi connectivity index (χ4n) is 1.55. The van der Waals surface area contributed by atoms with Gasteiger partial charge in [0, 0.05) is 11.6 Å². The predicted molar refractivity (Wildman–Crippen MR) is 64.3 cm³/mol. The van der Waals surface area contributed by atoms with Gasteiger partial charge in [0.15, 0.2) is 11.6 Å². The summed E-state index contributed by atoms with van der Waals surface area (Å²) in [6.07, 6.45) is 0. The van der Waals surface area contributed by atoms with E-state index in [1.54, 1.807) is 19.1 Å². The second kappa shape index (κ2) is 4.83. The average Bonchev–Trinajstić information content (AvgIpc) is 2.32. The number of benzene rings is 2. The smallest absolute Gasteiger partial charge is 0.272 e. The molecule has 0 N–H and O–H groups in total. The molecule has 0 aliphatic heterocycles. The number of para-hydroxylation sites is 1. The first-order valence-corrected chi connectivity index (χ1v) is 5.25. The highest BCUT2D eigenvalue weighted by Gasteiger charge is 2.11. The molecular weight excluding hydrogens is 237 g/mol. The molecule has 0 heterocycles. The Morgan fingerprint density at radius 2 is 1.94 bits per heavy atom. The van der Waals surface area contributed by atoms with Gasteiger partial charge >= 0.3 is 0 Å². The number of nitro benzene ring substituents is 1. The first-order valence-electron chi connectivity index (χ1n) is 5.25. The first-order chi connectivity index (χ1) is 8.58. The molecule has 2 aromatic rings. The van der Waals surface area contributed by atoms with Crippen LogP contribution in [-0.2, 0) is 0 Å². The monoisotopic (exact) mass is 247 g/mol. The average molecular weight is 247 g/mol. The number of hydrogen-bond donors (Lipinski definition) is 0. The SMILES string of the molecule is Cc1cc(Oc2ccccc2F)ccc1[N+](=O)[O-]. The molecule has 0 aliphatic carbocycles. The maximum absolute atomic E-state index is 13.4. The van der Waals surface area contributed by atoms with Gasteiger partial charge in [-0.25, -0.2) is 4.39 Å². The van der Waals surface area contributed by atoms with Gasteiger partial charge < -0.3 is 4.74 Å². The van der Waals surface area contributed by atoms with E-state index in [1.807, 2.05) is 0 Å². The topological polar surface area (TPSA) is 52.4 Å². The minimum atomic E-state index is -0.478. The van der Waals surface area contributed by atoms with E-state index >= 15 is 0 Å². The van der Waals surface area contributed by atoms with Crippen LogP contribution in [0.25, 0.3) is 0 Å². The fourth-order valence-corrected chi connectivity index (χ4v) is 1.55. The maximum atomic E-state index is 13.4. The Bertz CT molecular complexity index is 599. The normalized spacial score (nSPS) is 10.1. The van der Waals surface area contributed by atoms with E-state index in [9.17, 15) is 14.5 Å². The predicted octanol–water partition coefficient (Wildman–Crippen LogP) is 3.83.